The molecule has 1 aliphatic heterocycles. The molecule has 0 spiro atoms. The van der Waals surface area contributed by atoms with Crippen molar-refractivity contribution < 1.29 is 4.48 Å². The van der Waals surface area contributed by atoms with Crippen LogP contribution in [0.5, 0.6) is 0 Å². The molecule has 2 heterocycles. The lowest BCUT2D eigenvalue weighted by molar-refractivity contribution is 0.369. The number of benzene rings is 1. The third kappa shape index (κ3) is 1.74. The highest BCUT2D eigenvalue weighted by Gasteiger charge is 2.18. The SMILES string of the molecule is O=c1c(N2CCNCC2)nc2ccccc2n1F. The molecular formula is C12H13FN4O. The van der Waals surface area contributed by atoms with Gasteiger partial charge in [0.25, 0.3) is 0 Å². The Kier molecular flexibility index (Phi) is 2.71. The standard InChI is InChI=1S/C12H13FN4O/c13-17-10-4-2-1-3-9(10)15-11(12(17)18)16-7-5-14-6-8-16/h1-4,14H,5-8H2. The van der Waals surface area contributed by atoms with Gasteiger partial charge in [-0.05, 0) is 12.1 Å². The molecule has 5 nitrogen and oxygen atoms in total. The average molecular weight is 248 g/mol. The van der Waals surface area contributed by atoms with E-state index in [1.54, 1.807) is 24.3 Å². The van der Waals surface area contributed by atoms with E-state index in [1.165, 1.54) is 0 Å². The molecule has 0 saturated carbocycles. The number of nitrogens with zero attached hydrogens (tertiary/aromatic N) is 3. The highest BCUT2D eigenvalue weighted by molar-refractivity contribution is 5.75. The number of halogens is 1. The van der Waals surface area contributed by atoms with E-state index in [9.17, 15) is 9.28 Å². The van der Waals surface area contributed by atoms with Crippen LogP contribution in [-0.4, -0.2) is 36.0 Å². The lowest BCUT2D eigenvalue weighted by Gasteiger charge is -2.27. The first kappa shape index (κ1) is 11.2. The van der Waals surface area contributed by atoms with E-state index >= 15 is 0 Å². The quantitative estimate of drug-likeness (QED) is 0.800. The molecule has 3 rings (SSSR count). The summed E-state index contributed by atoms with van der Waals surface area (Å²) in [7, 11) is 0. The Bertz CT molecular complexity index is 634. The summed E-state index contributed by atoms with van der Waals surface area (Å²) in [5.41, 5.74) is 0.0186. The summed E-state index contributed by atoms with van der Waals surface area (Å²) in [5.74, 6) is 0.192. The zero-order valence-electron chi connectivity index (χ0n) is 9.77. The first-order valence-corrected chi connectivity index (χ1v) is 5.91. The molecule has 1 aromatic heterocycles. The van der Waals surface area contributed by atoms with Gasteiger partial charge in [-0.15, -0.1) is 4.79 Å². The van der Waals surface area contributed by atoms with E-state index in [1.807, 2.05) is 4.90 Å². The van der Waals surface area contributed by atoms with Crippen LogP contribution < -0.4 is 15.8 Å². The number of fused-ring (bicyclic) bond motifs is 1. The third-order valence-corrected chi connectivity index (χ3v) is 3.11. The number of rotatable bonds is 1. The molecule has 0 aliphatic carbocycles. The number of piperazine rings is 1. The monoisotopic (exact) mass is 248 g/mol. The average Bonchev–Trinajstić information content (AvgIpc) is 2.44. The summed E-state index contributed by atoms with van der Waals surface area (Å²) < 4.78 is 13.9. The Morgan fingerprint density at radius 3 is 2.72 bits per heavy atom. The fourth-order valence-electron chi connectivity index (χ4n) is 2.17. The maximum absolute atomic E-state index is 13.9. The minimum absolute atomic E-state index is 0.180. The Labute approximate surface area is 103 Å². The van der Waals surface area contributed by atoms with Gasteiger partial charge in [-0.1, -0.05) is 16.6 Å². The smallest absolute Gasteiger partial charge is 0.322 e. The molecule has 6 heteroatoms. The van der Waals surface area contributed by atoms with E-state index in [4.69, 9.17) is 0 Å². The van der Waals surface area contributed by atoms with Crippen LogP contribution in [0.2, 0.25) is 0 Å². The van der Waals surface area contributed by atoms with Gasteiger partial charge in [0.05, 0.1) is 5.52 Å². The van der Waals surface area contributed by atoms with Gasteiger partial charge >= 0.3 is 5.56 Å². The molecule has 1 N–H and O–H groups in total. The van der Waals surface area contributed by atoms with Crippen molar-refractivity contribution in [1.29, 1.82) is 0 Å². The second kappa shape index (κ2) is 4.38. The molecule has 94 valence electrons. The van der Waals surface area contributed by atoms with Crippen molar-refractivity contribution in [3.8, 4) is 0 Å². The highest BCUT2D eigenvalue weighted by Crippen LogP contribution is 2.14. The summed E-state index contributed by atoms with van der Waals surface area (Å²) in [5, 5.41) is 3.18. The fraction of sp³-hybridized carbons (Fsp3) is 0.333. The first-order valence-electron chi connectivity index (χ1n) is 5.91. The van der Waals surface area contributed by atoms with Crippen LogP contribution in [-0.2, 0) is 0 Å². The van der Waals surface area contributed by atoms with Crippen LogP contribution in [0.3, 0.4) is 0 Å². The van der Waals surface area contributed by atoms with Gasteiger partial charge in [-0.25, -0.2) is 4.98 Å². The molecule has 2 aromatic rings. The molecule has 0 radical (unpaired) electrons. The number of aromatic nitrogens is 2. The maximum atomic E-state index is 13.9. The molecular weight excluding hydrogens is 235 g/mol. The molecule has 1 aromatic carbocycles. The largest absolute Gasteiger partial charge is 0.349 e. The van der Waals surface area contributed by atoms with Crippen LogP contribution in [0.25, 0.3) is 11.0 Å². The van der Waals surface area contributed by atoms with Gasteiger partial charge in [0.2, 0.25) is 0 Å². The molecule has 1 fully saturated rings. The summed E-state index contributed by atoms with van der Waals surface area (Å²) in [6.07, 6.45) is 0. The number of hydrogen-bond donors (Lipinski definition) is 1. The normalized spacial score (nSPS) is 16.2. The molecule has 0 amide bonds. The summed E-state index contributed by atoms with van der Waals surface area (Å²) in [6, 6.07) is 6.72. The van der Waals surface area contributed by atoms with Crippen molar-refractivity contribution in [2.45, 2.75) is 0 Å². The van der Waals surface area contributed by atoms with Crippen LogP contribution in [0.4, 0.5) is 10.3 Å². The van der Waals surface area contributed by atoms with Crippen LogP contribution in [0.15, 0.2) is 29.1 Å². The number of para-hydroxylation sites is 2. The summed E-state index contributed by atoms with van der Waals surface area (Å²) in [4.78, 5) is 18.2. The third-order valence-electron chi connectivity index (χ3n) is 3.11. The fourth-order valence-corrected chi connectivity index (χ4v) is 2.17. The zero-order chi connectivity index (χ0) is 12.5. The highest BCUT2D eigenvalue weighted by atomic mass is 19.2. The van der Waals surface area contributed by atoms with E-state index < -0.39 is 5.56 Å². The molecule has 18 heavy (non-hydrogen) atoms. The van der Waals surface area contributed by atoms with E-state index in [-0.39, 0.29) is 16.1 Å². The topological polar surface area (TPSA) is 50.2 Å². The van der Waals surface area contributed by atoms with Crippen LogP contribution in [0, 0.1) is 0 Å². The predicted molar refractivity (Wildman–Crippen MR) is 67.6 cm³/mol. The van der Waals surface area contributed by atoms with Crippen molar-refractivity contribution in [3.05, 3.63) is 34.6 Å². The van der Waals surface area contributed by atoms with Crippen molar-refractivity contribution in [1.82, 2.24) is 15.1 Å². The van der Waals surface area contributed by atoms with Gasteiger partial charge in [-0.3, -0.25) is 4.79 Å². The second-order valence-corrected chi connectivity index (χ2v) is 4.25. The molecule has 1 saturated heterocycles. The van der Waals surface area contributed by atoms with Crippen molar-refractivity contribution in [3.63, 3.8) is 0 Å². The van der Waals surface area contributed by atoms with Gasteiger partial charge in [0.1, 0.15) is 5.52 Å². The predicted octanol–water partition coefficient (Wildman–Crippen LogP) is 0.539. The summed E-state index contributed by atoms with van der Waals surface area (Å²) >= 11 is 0. The van der Waals surface area contributed by atoms with Crippen molar-refractivity contribution >= 4 is 16.9 Å². The van der Waals surface area contributed by atoms with Gasteiger partial charge in [0.15, 0.2) is 5.82 Å². The van der Waals surface area contributed by atoms with E-state index in [0.29, 0.717) is 18.6 Å². The first-order chi connectivity index (χ1) is 8.77. The Balaban J connectivity index is 2.17. The molecule has 0 atom stereocenters. The Morgan fingerprint density at radius 2 is 1.94 bits per heavy atom. The number of hydrogen-bond acceptors (Lipinski definition) is 4. The maximum Gasteiger partial charge on any atom is 0.322 e. The second-order valence-electron chi connectivity index (χ2n) is 4.25. The lowest BCUT2D eigenvalue weighted by atomic mass is 10.3. The molecule has 0 unspecified atom stereocenters. The van der Waals surface area contributed by atoms with E-state index in [0.717, 1.165) is 13.1 Å². The lowest BCUT2D eigenvalue weighted by Crippen LogP contribution is -2.46. The molecule has 1 aliphatic rings. The number of nitrogens with one attached hydrogen (secondary N) is 1. The van der Waals surface area contributed by atoms with E-state index in [2.05, 4.69) is 10.3 Å². The minimum Gasteiger partial charge on any atom is -0.349 e. The van der Waals surface area contributed by atoms with Crippen molar-refractivity contribution in [2.75, 3.05) is 31.1 Å². The molecule has 0 bridgehead atoms. The van der Waals surface area contributed by atoms with Crippen LogP contribution >= 0.6 is 0 Å². The van der Waals surface area contributed by atoms with Crippen molar-refractivity contribution in [2.24, 2.45) is 0 Å². The Morgan fingerprint density at radius 1 is 1.22 bits per heavy atom. The van der Waals surface area contributed by atoms with Gasteiger partial charge in [0, 0.05) is 26.2 Å². The summed E-state index contributed by atoms with van der Waals surface area (Å²) in [6.45, 7) is 2.89. The van der Waals surface area contributed by atoms with Gasteiger partial charge in [-0.2, -0.15) is 0 Å². The zero-order valence-corrected chi connectivity index (χ0v) is 9.77. The van der Waals surface area contributed by atoms with Gasteiger partial charge < -0.3 is 10.2 Å². The number of anilines is 1. The minimum atomic E-state index is -0.685. The Hall–Kier alpha value is -1.95. The van der Waals surface area contributed by atoms with Crippen LogP contribution in [0.1, 0.15) is 0 Å².